The van der Waals surface area contributed by atoms with Crippen molar-refractivity contribution in [2.24, 2.45) is 4.99 Å². The van der Waals surface area contributed by atoms with Crippen LogP contribution in [0.5, 0.6) is 0 Å². The summed E-state index contributed by atoms with van der Waals surface area (Å²) < 4.78 is 4.99. The summed E-state index contributed by atoms with van der Waals surface area (Å²) in [5, 5.41) is 1.22. The molecule has 2 atom stereocenters. The van der Waals surface area contributed by atoms with Gasteiger partial charge in [0.15, 0.2) is 0 Å². The molecular formula is C14H17NO2S. The van der Waals surface area contributed by atoms with Crippen molar-refractivity contribution >= 4 is 22.8 Å². The Kier molecular flexibility index (Phi) is 4.42. The van der Waals surface area contributed by atoms with Gasteiger partial charge in [0.25, 0.3) is 0 Å². The van der Waals surface area contributed by atoms with Gasteiger partial charge in [-0.3, -0.25) is 9.79 Å². The molecule has 1 heterocycles. The number of thioether (sulfide) groups is 1. The Bertz CT molecular complexity index is 444. The van der Waals surface area contributed by atoms with Crippen LogP contribution in [0.15, 0.2) is 35.3 Å². The predicted molar refractivity (Wildman–Crippen MR) is 75.1 cm³/mol. The molecule has 2 rings (SSSR count). The van der Waals surface area contributed by atoms with Crippen molar-refractivity contribution in [3.63, 3.8) is 0 Å². The number of hydrogen-bond acceptors (Lipinski definition) is 4. The number of aliphatic imine (C=N–C) groups is 1. The highest BCUT2D eigenvalue weighted by Gasteiger charge is 2.29. The molecule has 1 aliphatic heterocycles. The average Bonchev–Trinajstić information content (AvgIpc) is 2.72. The lowest BCUT2D eigenvalue weighted by molar-refractivity contribution is -0.143. The molecule has 3 nitrogen and oxygen atoms in total. The third-order valence-electron chi connectivity index (χ3n) is 2.82. The summed E-state index contributed by atoms with van der Waals surface area (Å²) in [4.78, 5) is 16.1. The van der Waals surface area contributed by atoms with Crippen molar-refractivity contribution in [3.8, 4) is 0 Å². The van der Waals surface area contributed by atoms with Crippen molar-refractivity contribution in [2.45, 2.75) is 31.6 Å². The molecule has 0 amide bonds. The van der Waals surface area contributed by atoms with E-state index in [-0.39, 0.29) is 17.3 Å². The van der Waals surface area contributed by atoms with E-state index in [0.717, 1.165) is 10.6 Å². The maximum absolute atomic E-state index is 11.5. The third-order valence-corrected chi connectivity index (χ3v) is 4.24. The van der Waals surface area contributed by atoms with Crippen LogP contribution >= 0.6 is 11.8 Å². The summed E-state index contributed by atoms with van der Waals surface area (Å²) in [5.41, 5.74) is 1.13. The van der Waals surface area contributed by atoms with Gasteiger partial charge >= 0.3 is 5.97 Å². The molecule has 1 aliphatic rings. The van der Waals surface area contributed by atoms with E-state index in [4.69, 9.17) is 4.74 Å². The summed E-state index contributed by atoms with van der Waals surface area (Å²) >= 11 is 1.68. The van der Waals surface area contributed by atoms with Gasteiger partial charge in [-0.05, 0) is 13.8 Å². The monoisotopic (exact) mass is 263 g/mol. The zero-order valence-electron chi connectivity index (χ0n) is 10.6. The topological polar surface area (TPSA) is 38.7 Å². The van der Waals surface area contributed by atoms with E-state index in [2.05, 4.69) is 4.99 Å². The lowest BCUT2D eigenvalue weighted by atomic mass is 10.2. The summed E-state index contributed by atoms with van der Waals surface area (Å²) in [6.45, 7) is 4.32. The Balaban J connectivity index is 1.99. The maximum Gasteiger partial charge on any atom is 0.306 e. The summed E-state index contributed by atoms with van der Waals surface area (Å²) in [7, 11) is 0. The van der Waals surface area contributed by atoms with E-state index in [1.54, 1.807) is 11.8 Å². The van der Waals surface area contributed by atoms with Crippen LogP contribution in [-0.4, -0.2) is 28.9 Å². The number of nitrogens with zero attached hydrogens (tertiary/aromatic N) is 1. The Hall–Kier alpha value is -1.29. The van der Waals surface area contributed by atoms with Crippen LogP contribution in [0.3, 0.4) is 0 Å². The fourth-order valence-electron chi connectivity index (χ4n) is 1.86. The highest BCUT2D eigenvalue weighted by molar-refractivity contribution is 8.15. The first-order chi connectivity index (χ1) is 8.70. The molecule has 0 aliphatic carbocycles. The molecule has 1 aromatic carbocycles. The van der Waals surface area contributed by atoms with Gasteiger partial charge in [0.2, 0.25) is 0 Å². The minimum Gasteiger partial charge on any atom is -0.466 e. The number of hydrogen-bond donors (Lipinski definition) is 0. The first kappa shape index (κ1) is 13.1. The molecule has 0 fully saturated rings. The smallest absolute Gasteiger partial charge is 0.306 e. The predicted octanol–water partition coefficient (Wildman–Crippen LogP) is 2.89. The molecule has 0 aromatic heterocycles. The largest absolute Gasteiger partial charge is 0.466 e. The summed E-state index contributed by atoms with van der Waals surface area (Å²) in [6, 6.07) is 10.2. The molecule has 96 valence electrons. The maximum atomic E-state index is 11.5. The Morgan fingerprint density at radius 3 is 2.78 bits per heavy atom. The minimum absolute atomic E-state index is 0.133. The van der Waals surface area contributed by atoms with Crippen LogP contribution in [0.2, 0.25) is 0 Å². The number of benzene rings is 1. The van der Waals surface area contributed by atoms with Gasteiger partial charge in [0.05, 0.1) is 24.1 Å². The standard InChI is InChI=1S/C14H17NO2S/c1-3-17-13(16)9-12-10(2)15-14(18-12)11-7-5-4-6-8-11/h4-8,10,12H,3,9H2,1-2H3/t10-,12-/m1/s1. The lowest BCUT2D eigenvalue weighted by Crippen LogP contribution is -2.19. The molecule has 0 N–H and O–H groups in total. The highest BCUT2D eigenvalue weighted by Crippen LogP contribution is 2.32. The lowest BCUT2D eigenvalue weighted by Gasteiger charge is -2.11. The second kappa shape index (κ2) is 6.05. The first-order valence-electron chi connectivity index (χ1n) is 6.16. The van der Waals surface area contributed by atoms with Crippen molar-refractivity contribution in [1.29, 1.82) is 0 Å². The van der Waals surface area contributed by atoms with Gasteiger partial charge in [-0.15, -0.1) is 11.8 Å². The van der Waals surface area contributed by atoms with Crippen molar-refractivity contribution in [1.82, 2.24) is 0 Å². The van der Waals surface area contributed by atoms with Crippen LogP contribution in [0.4, 0.5) is 0 Å². The molecule has 0 radical (unpaired) electrons. The molecule has 4 heteroatoms. The molecule has 18 heavy (non-hydrogen) atoms. The zero-order valence-corrected chi connectivity index (χ0v) is 11.4. The van der Waals surface area contributed by atoms with Gasteiger partial charge in [0.1, 0.15) is 0 Å². The number of esters is 1. The van der Waals surface area contributed by atoms with Gasteiger partial charge < -0.3 is 4.74 Å². The zero-order chi connectivity index (χ0) is 13.0. The molecular weight excluding hydrogens is 246 g/mol. The van der Waals surface area contributed by atoms with Crippen LogP contribution in [0.1, 0.15) is 25.8 Å². The van der Waals surface area contributed by atoms with Crippen LogP contribution in [0.25, 0.3) is 0 Å². The second-order valence-corrected chi connectivity index (χ2v) is 5.43. The third kappa shape index (κ3) is 3.13. The van der Waals surface area contributed by atoms with E-state index in [1.807, 2.05) is 44.2 Å². The van der Waals surface area contributed by atoms with Crippen molar-refractivity contribution in [3.05, 3.63) is 35.9 Å². The van der Waals surface area contributed by atoms with Gasteiger partial charge in [0, 0.05) is 10.8 Å². The van der Waals surface area contributed by atoms with Crippen molar-refractivity contribution < 1.29 is 9.53 Å². The Morgan fingerprint density at radius 2 is 2.11 bits per heavy atom. The quantitative estimate of drug-likeness (QED) is 0.784. The molecule has 0 bridgehead atoms. The Morgan fingerprint density at radius 1 is 1.39 bits per heavy atom. The number of carbonyl (C=O) groups is 1. The number of rotatable bonds is 4. The summed E-state index contributed by atoms with van der Waals surface area (Å²) in [6.07, 6.45) is 0.430. The van der Waals surface area contributed by atoms with Gasteiger partial charge in [-0.1, -0.05) is 30.3 Å². The fourth-order valence-corrected chi connectivity index (χ4v) is 3.12. The number of ether oxygens (including phenoxy) is 1. The highest BCUT2D eigenvalue weighted by atomic mass is 32.2. The van der Waals surface area contributed by atoms with Crippen LogP contribution in [-0.2, 0) is 9.53 Å². The van der Waals surface area contributed by atoms with E-state index in [0.29, 0.717) is 13.0 Å². The fraction of sp³-hybridized carbons (Fsp3) is 0.429. The SMILES string of the molecule is CCOC(=O)C[C@H]1SC(c2ccccc2)=N[C@@H]1C. The molecule has 0 saturated carbocycles. The number of carbonyl (C=O) groups excluding carboxylic acids is 1. The summed E-state index contributed by atoms with van der Waals surface area (Å²) in [5.74, 6) is -0.133. The van der Waals surface area contributed by atoms with Crippen molar-refractivity contribution in [2.75, 3.05) is 6.61 Å². The van der Waals surface area contributed by atoms with Crippen LogP contribution < -0.4 is 0 Å². The van der Waals surface area contributed by atoms with Gasteiger partial charge in [-0.2, -0.15) is 0 Å². The van der Waals surface area contributed by atoms with Crippen LogP contribution in [0, 0.1) is 0 Å². The Labute approximate surface area is 112 Å². The van der Waals surface area contributed by atoms with E-state index < -0.39 is 0 Å². The minimum atomic E-state index is -0.133. The second-order valence-electron chi connectivity index (χ2n) is 4.21. The van der Waals surface area contributed by atoms with E-state index in [9.17, 15) is 4.79 Å². The molecule has 0 saturated heterocycles. The van der Waals surface area contributed by atoms with Gasteiger partial charge in [-0.25, -0.2) is 0 Å². The molecule has 1 aromatic rings. The first-order valence-corrected chi connectivity index (χ1v) is 7.04. The van der Waals surface area contributed by atoms with E-state index in [1.165, 1.54) is 0 Å². The molecule has 0 spiro atoms. The normalized spacial score (nSPS) is 22.7. The van der Waals surface area contributed by atoms with E-state index >= 15 is 0 Å². The average molecular weight is 263 g/mol. The molecule has 0 unspecified atom stereocenters.